The first-order chi connectivity index (χ1) is 7.82. The Morgan fingerprint density at radius 1 is 1.53 bits per heavy atom. The molecule has 1 aliphatic heterocycles. The van der Waals surface area contributed by atoms with Gasteiger partial charge in [0.25, 0.3) is 0 Å². The van der Waals surface area contributed by atoms with Crippen LogP contribution in [0.5, 0.6) is 0 Å². The molecule has 0 aromatic heterocycles. The zero-order valence-corrected chi connectivity index (χ0v) is 10.9. The summed E-state index contributed by atoms with van der Waals surface area (Å²) < 4.78 is 10.7. The van der Waals surface area contributed by atoms with Crippen molar-refractivity contribution in [3.8, 4) is 6.07 Å². The highest BCUT2D eigenvalue weighted by molar-refractivity contribution is 5.68. The highest BCUT2D eigenvalue weighted by atomic mass is 16.6. The lowest BCUT2D eigenvalue weighted by atomic mass is 10.00. The zero-order valence-electron chi connectivity index (χ0n) is 10.9. The van der Waals surface area contributed by atoms with Gasteiger partial charge in [-0.05, 0) is 27.2 Å². The van der Waals surface area contributed by atoms with Crippen molar-refractivity contribution < 1.29 is 14.3 Å². The van der Waals surface area contributed by atoms with Crippen molar-refractivity contribution >= 4 is 6.09 Å². The minimum atomic E-state index is -0.522. The molecule has 1 unspecified atom stereocenters. The number of methoxy groups -OCH3 is 1. The van der Waals surface area contributed by atoms with E-state index >= 15 is 0 Å². The number of carbonyl (C=O) groups excluding carboxylic acids is 1. The van der Waals surface area contributed by atoms with Gasteiger partial charge in [0.1, 0.15) is 11.2 Å². The van der Waals surface area contributed by atoms with Gasteiger partial charge in [-0.15, -0.1) is 0 Å². The quantitative estimate of drug-likeness (QED) is 0.739. The molecule has 0 saturated carbocycles. The number of carbonyl (C=O) groups is 1. The summed E-state index contributed by atoms with van der Waals surface area (Å²) >= 11 is 0. The minimum Gasteiger partial charge on any atom is -0.444 e. The Morgan fingerprint density at radius 2 is 2.18 bits per heavy atom. The van der Waals surface area contributed by atoms with Gasteiger partial charge in [-0.2, -0.15) is 5.26 Å². The number of likely N-dealkylation sites (tertiary alicyclic amines) is 1. The number of hydrogen-bond donors (Lipinski definition) is 0. The number of ether oxygens (including phenoxy) is 2. The molecular weight excluding hydrogens is 220 g/mol. The summed E-state index contributed by atoms with van der Waals surface area (Å²) in [5.41, 5.74) is -1.02. The van der Waals surface area contributed by atoms with Gasteiger partial charge in [0.2, 0.25) is 0 Å². The first-order valence-corrected chi connectivity index (χ1v) is 5.72. The highest BCUT2D eigenvalue weighted by Crippen LogP contribution is 2.28. The monoisotopic (exact) mass is 240 g/mol. The van der Waals surface area contributed by atoms with Crippen LogP contribution in [0.15, 0.2) is 0 Å². The van der Waals surface area contributed by atoms with Gasteiger partial charge in [-0.3, -0.25) is 0 Å². The van der Waals surface area contributed by atoms with E-state index < -0.39 is 11.2 Å². The molecule has 5 heteroatoms. The van der Waals surface area contributed by atoms with Gasteiger partial charge < -0.3 is 14.4 Å². The summed E-state index contributed by atoms with van der Waals surface area (Å²) in [5, 5.41) is 8.77. The second-order valence-electron chi connectivity index (χ2n) is 5.37. The second-order valence-corrected chi connectivity index (χ2v) is 5.37. The summed E-state index contributed by atoms with van der Waals surface area (Å²) in [6.45, 7) is 6.50. The van der Waals surface area contributed by atoms with E-state index in [-0.39, 0.29) is 6.09 Å². The molecule has 1 rings (SSSR count). The van der Waals surface area contributed by atoms with Gasteiger partial charge in [-0.25, -0.2) is 4.79 Å². The molecule has 0 N–H and O–H groups in total. The summed E-state index contributed by atoms with van der Waals surface area (Å²) in [4.78, 5) is 13.4. The van der Waals surface area contributed by atoms with E-state index in [1.165, 1.54) is 0 Å². The third kappa shape index (κ3) is 3.60. The fourth-order valence-corrected chi connectivity index (χ4v) is 1.85. The molecule has 1 amide bonds. The fourth-order valence-electron chi connectivity index (χ4n) is 1.85. The van der Waals surface area contributed by atoms with Gasteiger partial charge in [0, 0.05) is 13.7 Å². The lowest BCUT2D eigenvalue weighted by Gasteiger charge is -2.27. The molecule has 0 spiro atoms. The molecule has 0 bridgehead atoms. The summed E-state index contributed by atoms with van der Waals surface area (Å²) in [5.74, 6) is 0. The number of hydrogen-bond acceptors (Lipinski definition) is 4. The molecule has 17 heavy (non-hydrogen) atoms. The average molecular weight is 240 g/mol. The summed E-state index contributed by atoms with van der Waals surface area (Å²) in [6.07, 6.45) is 0.633. The molecule has 0 aromatic rings. The third-order valence-corrected chi connectivity index (χ3v) is 2.80. The minimum absolute atomic E-state index is 0.294. The Balaban J connectivity index is 2.61. The van der Waals surface area contributed by atoms with Gasteiger partial charge >= 0.3 is 6.09 Å². The topological polar surface area (TPSA) is 62.6 Å². The second kappa shape index (κ2) is 4.92. The molecule has 96 valence electrons. The first kappa shape index (κ1) is 13.8. The largest absolute Gasteiger partial charge is 0.444 e. The molecular formula is C12H20N2O3. The standard InChI is InChI=1S/C12H20N2O3/c1-11(2,3)17-10(15)14-8-6-12(9-14,16-4)5-7-13/h5-6,8-9H2,1-4H3. The maximum Gasteiger partial charge on any atom is 0.410 e. The molecule has 1 heterocycles. The first-order valence-electron chi connectivity index (χ1n) is 5.72. The smallest absolute Gasteiger partial charge is 0.410 e. The predicted molar refractivity (Wildman–Crippen MR) is 62.4 cm³/mol. The Bertz CT molecular complexity index is 330. The Hall–Kier alpha value is -1.28. The fraction of sp³-hybridized carbons (Fsp3) is 0.833. The van der Waals surface area contributed by atoms with Crippen molar-refractivity contribution in [3.63, 3.8) is 0 Å². The summed E-state index contributed by atoms with van der Waals surface area (Å²) in [7, 11) is 1.58. The van der Waals surface area contributed by atoms with Crippen LogP contribution in [0.1, 0.15) is 33.6 Å². The van der Waals surface area contributed by atoms with Gasteiger partial charge in [0.15, 0.2) is 0 Å². The predicted octanol–water partition coefficient (Wildman–Crippen LogP) is 1.93. The number of nitrogens with zero attached hydrogens (tertiary/aromatic N) is 2. The Labute approximate surface area is 102 Å². The van der Waals surface area contributed by atoms with Crippen LogP contribution < -0.4 is 0 Å². The van der Waals surface area contributed by atoms with Crippen LogP contribution >= 0.6 is 0 Å². The molecule has 0 aliphatic carbocycles. The van der Waals surface area contributed by atoms with E-state index in [4.69, 9.17) is 14.7 Å². The van der Waals surface area contributed by atoms with E-state index in [9.17, 15) is 4.79 Å². The molecule has 5 nitrogen and oxygen atoms in total. The normalized spacial score (nSPS) is 24.5. The van der Waals surface area contributed by atoms with E-state index in [0.29, 0.717) is 25.9 Å². The van der Waals surface area contributed by atoms with Crippen LogP contribution in [0.2, 0.25) is 0 Å². The van der Waals surface area contributed by atoms with Crippen LogP contribution in [0.3, 0.4) is 0 Å². The van der Waals surface area contributed by atoms with Crippen molar-refractivity contribution in [1.82, 2.24) is 4.90 Å². The Morgan fingerprint density at radius 3 is 2.65 bits per heavy atom. The lowest BCUT2D eigenvalue weighted by Crippen LogP contribution is -2.40. The SMILES string of the molecule is COC1(CC#N)CCN(C(=O)OC(C)(C)C)C1. The van der Waals surface area contributed by atoms with Crippen molar-refractivity contribution in [2.24, 2.45) is 0 Å². The molecule has 1 fully saturated rings. The average Bonchev–Trinajstić information content (AvgIpc) is 2.61. The van der Waals surface area contributed by atoms with Crippen molar-refractivity contribution in [1.29, 1.82) is 5.26 Å². The number of nitriles is 1. The molecule has 1 atom stereocenters. The number of rotatable bonds is 2. The third-order valence-electron chi connectivity index (χ3n) is 2.80. The van der Waals surface area contributed by atoms with Crippen LogP contribution in [0.4, 0.5) is 4.79 Å². The van der Waals surface area contributed by atoms with Crippen molar-refractivity contribution in [2.45, 2.75) is 44.8 Å². The highest BCUT2D eigenvalue weighted by Gasteiger charge is 2.41. The van der Waals surface area contributed by atoms with Crippen molar-refractivity contribution in [3.05, 3.63) is 0 Å². The lowest BCUT2D eigenvalue weighted by molar-refractivity contribution is -0.00655. The van der Waals surface area contributed by atoms with E-state index in [1.807, 2.05) is 20.8 Å². The van der Waals surface area contributed by atoms with E-state index in [1.54, 1.807) is 12.0 Å². The zero-order chi connectivity index (χ0) is 13.1. The van der Waals surface area contributed by atoms with E-state index in [0.717, 1.165) is 0 Å². The van der Waals surface area contributed by atoms with Crippen LogP contribution in [-0.4, -0.2) is 42.4 Å². The molecule has 1 aliphatic rings. The van der Waals surface area contributed by atoms with Crippen LogP contribution in [0.25, 0.3) is 0 Å². The molecule has 0 radical (unpaired) electrons. The maximum absolute atomic E-state index is 11.8. The van der Waals surface area contributed by atoms with E-state index in [2.05, 4.69) is 6.07 Å². The van der Waals surface area contributed by atoms with Crippen molar-refractivity contribution in [2.75, 3.05) is 20.2 Å². The van der Waals surface area contributed by atoms with Gasteiger partial charge in [-0.1, -0.05) is 0 Å². The van der Waals surface area contributed by atoms with Crippen LogP contribution in [0, 0.1) is 11.3 Å². The van der Waals surface area contributed by atoms with Gasteiger partial charge in [0.05, 0.1) is 19.0 Å². The number of amides is 1. The molecule has 0 aromatic carbocycles. The summed E-state index contributed by atoms with van der Waals surface area (Å²) in [6, 6.07) is 2.11. The molecule has 1 saturated heterocycles. The maximum atomic E-state index is 11.8. The van der Waals surface area contributed by atoms with Crippen LogP contribution in [-0.2, 0) is 9.47 Å². The Kier molecular flexibility index (Phi) is 3.99.